The summed E-state index contributed by atoms with van der Waals surface area (Å²) in [6.45, 7) is 0. The SMILES string of the molecule is Clc1cnc(NC(c2cccs2)c2cccs2)nc1. The first kappa shape index (κ1) is 12.6. The maximum atomic E-state index is 5.80. The molecule has 0 amide bonds. The van der Waals surface area contributed by atoms with Gasteiger partial charge in [0.2, 0.25) is 5.95 Å². The van der Waals surface area contributed by atoms with Crippen LogP contribution in [0.25, 0.3) is 0 Å². The highest BCUT2D eigenvalue weighted by Crippen LogP contribution is 2.31. The van der Waals surface area contributed by atoms with Crippen LogP contribution in [0.3, 0.4) is 0 Å². The van der Waals surface area contributed by atoms with E-state index in [1.165, 1.54) is 9.75 Å². The molecule has 6 heteroatoms. The van der Waals surface area contributed by atoms with Crippen molar-refractivity contribution < 1.29 is 0 Å². The summed E-state index contributed by atoms with van der Waals surface area (Å²) >= 11 is 9.23. The van der Waals surface area contributed by atoms with E-state index in [1.807, 2.05) is 12.1 Å². The summed E-state index contributed by atoms with van der Waals surface area (Å²) in [6.07, 6.45) is 3.19. The minimum absolute atomic E-state index is 0.0844. The summed E-state index contributed by atoms with van der Waals surface area (Å²) in [4.78, 5) is 10.9. The molecule has 1 N–H and O–H groups in total. The molecule has 0 saturated carbocycles. The van der Waals surface area contributed by atoms with E-state index in [-0.39, 0.29) is 6.04 Å². The molecule has 0 unspecified atom stereocenters. The molecule has 0 aliphatic rings. The molecule has 0 atom stereocenters. The van der Waals surface area contributed by atoms with Crippen molar-refractivity contribution in [1.82, 2.24) is 9.97 Å². The lowest BCUT2D eigenvalue weighted by molar-refractivity contribution is 0.949. The highest BCUT2D eigenvalue weighted by molar-refractivity contribution is 7.11. The molecule has 3 heterocycles. The molecule has 0 aliphatic heterocycles. The number of halogens is 1. The Morgan fingerprint density at radius 3 is 2.05 bits per heavy atom. The monoisotopic (exact) mass is 307 g/mol. The molecule has 0 fully saturated rings. The van der Waals surface area contributed by atoms with Crippen molar-refractivity contribution in [3.63, 3.8) is 0 Å². The molecule has 0 aliphatic carbocycles. The molecule has 0 radical (unpaired) electrons. The topological polar surface area (TPSA) is 37.8 Å². The lowest BCUT2D eigenvalue weighted by atomic mass is 10.2. The highest BCUT2D eigenvalue weighted by Gasteiger charge is 2.17. The fourth-order valence-electron chi connectivity index (χ4n) is 1.71. The van der Waals surface area contributed by atoms with E-state index in [0.29, 0.717) is 11.0 Å². The lowest BCUT2D eigenvalue weighted by Crippen LogP contribution is -2.11. The Kier molecular flexibility index (Phi) is 3.77. The van der Waals surface area contributed by atoms with Gasteiger partial charge >= 0.3 is 0 Å². The molecule has 3 rings (SSSR count). The smallest absolute Gasteiger partial charge is 0.223 e. The van der Waals surface area contributed by atoms with Crippen LogP contribution in [0.1, 0.15) is 15.8 Å². The van der Waals surface area contributed by atoms with Gasteiger partial charge in [-0.2, -0.15) is 0 Å². The van der Waals surface area contributed by atoms with Gasteiger partial charge in [0.15, 0.2) is 0 Å². The molecule has 3 aromatic rings. The van der Waals surface area contributed by atoms with Crippen molar-refractivity contribution >= 4 is 40.2 Å². The van der Waals surface area contributed by atoms with Crippen LogP contribution in [-0.4, -0.2) is 9.97 Å². The Morgan fingerprint density at radius 1 is 1.00 bits per heavy atom. The van der Waals surface area contributed by atoms with E-state index in [0.717, 1.165) is 0 Å². The Labute approximate surface area is 123 Å². The van der Waals surface area contributed by atoms with Crippen LogP contribution in [-0.2, 0) is 0 Å². The van der Waals surface area contributed by atoms with Gasteiger partial charge in [-0.25, -0.2) is 9.97 Å². The molecule has 3 nitrogen and oxygen atoms in total. The molecular formula is C13H10ClN3S2. The van der Waals surface area contributed by atoms with Gasteiger partial charge in [-0.3, -0.25) is 0 Å². The van der Waals surface area contributed by atoms with Gasteiger partial charge in [0.1, 0.15) is 0 Å². The number of nitrogens with zero attached hydrogens (tertiary/aromatic N) is 2. The van der Waals surface area contributed by atoms with Crippen LogP contribution in [0.5, 0.6) is 0 Å². The van der Waals surface area contributed by atoms with Crippen LogP contribution in [0.4, 0.5) is 5.95 Å². The average molecular weight is 308 g/mol. The largest absolute Gasteiger partial charge is 0.342 e. The molecule has 0 saturated heterocycles. The Bertz CT molecular complexity index is 586. The van der Waals surface area contributed by atoms with Crippen molar-refractivity contribution in [2.75, 3.05) is 5.32 Å². The first-order valence-electron chi connectivity index (χ1n) is 5.64. The Balaban J connectivity index is 1.90. The van der Waals surface area contributed by atoms with Gasteiger partial charge in [0, 0.05) is 9.75 Å². The summed E-state index contributed by atoms with van der Waals surface area (Å²) < 4.78 is 0. The van der Waals surface area contributed by atoms with Gasteiger partial charge < -0.3 is 5.32 Å². The second kappa shape index (κ2) is 5.69. The number of thiophene rings is 2. The standard InChI is InChI=1S/C13H10ClN3S2/c14-9-7-15-13(16-8-9)17-12(10-3-1-5-18-10)11-4-2-6-19-11/h1-8,12H,(H,15,16,17). The zero-order valence-corrected chi connectivity index (χ0v) is 12.2. The lowest BCUT2D eigenvalue weighted by Gasteiger charge is -2.15. The molecular weight excluding hydrogens is 298 g/mol. The van der Waals surface area contributed by atoms with Crippen LogP contribution >= 0.6 is 34.3 Å². The summed E-state index contributed by atoms with van der Waals surface area (Å²) in [5.74, 6) is 0.580. The molecule has 0 aromatic carbocycles. The quantitative estimate of drug-likeness (QED) is 0.773. The summed E-state index contributed by atoms with van der Waals surface area (Å²) in [5, 5.41) is 8.03. The fourth-order valence-corrected chi connectivity index (χ4v) is 3.47. The first-order valence-corrected chi connectivity index (χ1v) is 7.77. The average Bonchev–Trinajstić information content (AvgIpc) is 3.11. The summed E-state index contributed by atoms with van der Waals surface area (Å²) in [7, 11) is 0. The van der Waals surface area contributed by atoms with E-state index < -0.39 is 0 Å². The summed E-state index contributed by atoms with van der Waals surface area (Å²) in [6, 6.07) is 8.40. The zero-order valence-electron chi connectivity index (χ0n) is 9.79. The maximum absolute atomic E-state index is 5.80. The highest BCUT2D eigenvalue weighted by atomic mass is 35.5. The van der Waals surface area contributed by atoms with Gasteiger partial charge in [-0.05, 0) is 22.9 Å². The van der Waals surface area contributed by atoms with Crippen LogP contribution in [0, 0.1) is 0 Å². The van der Waals surface area contributed by atoms with E-state index in [9.17, 15) is 0 Å². The normalized spacial score (nSPS) is 10.8. The number of nitrogens with one attached hydrogen (secondary N) is 1. The molecule has 0 bridgehead atoms. The number of hydrogen-bond acceptors (Lipinski definition) is 5. The first-order chi connectivity index (χ1) is 9.33. The predicted octanol–water partition coefficient (Wildman–Crippen LogP) is 4.45. The van der Waals surface area contributed by atoms with Crippen molar-refractivity contribution in [2.45, 2.75) is 6.04 Å². The number of hydrogen-bond donors (Lipinski definition) is 1. The minimum atomic E-state index is 0.0844. The van der Waals surface area contributed by atoms with Gasteiger partial charge in [-0.15, -0.1) is 22.7 Å². The molecule has 0 spiro atoms. The zero-order chi connectivity index (χ0) is 13.1. The van der Waals surface area contributed by atoms with E-state index in [1.54, 1.807) is 35.1 Å². The summed E-state index contributed by atoms with van der Waals surface area (Å²) in [5.41, 5.74) is 0. The number of rotatable bonds is 4. The minimum Gasteiger partial charge on any atom is -0.342 e. The van der Waals surface area contributed by atoms with E-state index in [2.05, 4.69) is 38.2 Å². The fraction of sp³-hybridized carbons (Fsp3) is 0.0769. The number of anilines is 1. The van der Waals surface area contributed by atoms with Crippen molar-refractivity contribution in [1.29, 1.82) is 0 Å². The Morgan fingerprint density at radius 2 is 1.58 bits per heavy atom. The third-order valence-corrected chi connectivity index (χ3v) is 4.62. The molecule has 3 aromatic heterocycles. The van der Waals surface area contributed by atoms with Crippen LogP contribution < -0.4 is 5.32 Å². The van der Waals surface area contributed by atoms with Crippen molar-refractivity contribution in [2.24, 2.45) is 0 Å². The van der Waals surface area contributed by atoms with Crippen molar-refractivity contribution in [3.05, 3.63) is 62.2 Å². The van der Waals surface area contributed by atoms with E-state index in [4.69, 9.17) is 11.6 Å². The second-order valence-electron chi connectivity index (χ2n) is 3.83. The third kappa shape index (κ3) is 2.94. The van der Waals surface area contributed by atoms with Crippen LogP contribution in [0.2, 0.25) is 5.02 Å². The molecule has 19 heavy (non-hydrogen) atoms. The number of aromatic nitrogens is 2. The van der Waals surface area contributed by atoms with Gasteiger partial charge in [0.25, 0.3) is 0 Å². The van der Waals surface area contributed by atoms with Gasteiger partial charge in [0.05, 0.1) is 23.5 Å². The predicted molar refractivity (Wildman–Crippen MR) is 81.1 cm³/mol. The third-order valence-electron chi connectivity index (χ3n) is 2.55. The Hall–Kier alpha value is -1.43. The van der Waals surface area contributed by atoms with Gasteiger partial charge in [-0.1, -0.05) is 23.7 Å². The maximum Gasteiger partial charge on any atom is 0.223 e. The van der Waals surface area contributed by atoms with Crippen LogP contribution in [0.15, 0.2) is 47.4 Å². The van der Waals surface area contributed by atoms with Crippen molar-refractivity contribution in [3.8, 4) is 0 Å². The van der Waals surface area contributed by atoms with E-state index >= 15 is 0 Å². The molecule has 96 valence electrons. The second-order valence-corrected chi connectivity index (χ2v) is 6.23.